The van der Waals surface area contributed by atoms with Crippen LogP contribution < -0.4 is 5.73 Å². The lowest BCUT2D eigenvalue weighted by molar-refractivity contribution is -0.0229. The molecule has 120 valence electrons. The fourth-order valence-electron chi connectivity index (χ4n) is 2.78. The average Bonchev–Trinajstić information content (AvgIpc) is 2.56. The average molecular weight is 314 g/mol. The Hall–Kier alpha value is -2.40. The fourth-order valence-corrected chi connectivity index (χ4v) is 2.78. The van der Waals surface area contributed by atoms with Gasteiger partial charge in [0.15, 0.2) is 0 Å². The third-order valence-electron chi connectivity index (χ3n) is 4.07. The number of carbonyl (C=O) groups excluding carboxylic acids is 1. The number of hydrogen-bond donors (Lipinski definition) is 1. The number of anilines is 1. The summed E-state index contributed by atoms with van der Waals surface area (Å²) in [6, 6.07) is 11.6. The van der Waals surface area contributed by atoms with Crippen molar-refractivity contribution in [3.8, 4) is 0 Å². The minimum atomic E-state index is -0.315. The molecule has 1 saturated heterocycles. The molecule has 23 heavy (non-hydrogen) atoms. The largest absolute Gasteiger partial charge is 0.399 e. The summed E-state index contributed by atoms with van der Waals surface area (Å²) in [6.07, 6.45) is -0.315. The van der Waals surface area contributed by atoms with Crippen molar-refractivity contribution in [1.82, 2.24) is 4.90 Å². The molecule has 2 N–H and O–H groups in total. The molecule has 0 spiro atoms. The maximum atomic E-state index is 13.4. The molecule has 1 aliphatic rings. The van der Waals surface area contributed by atoms with Gasteiger partial charge in [-0.25, -0.2) is 4.39 Å². The SMILES string of the molecule is Cc1ccc(N)cc1C(=O)N1CCOC(c2cccc(F)c2)C1. The number of benzene rings is 2. The van der Waals surface area contributed by atoms with E-state index in [2.05, 4.69) is 0 Å². The van der Waals surface area contributed by atoms with Crippen molar-refractivity contribution in [2.45, 2.75) is 13.0 Å². The quantitative estimate of drug-likeness (QED) is 0.867. The highest BCUT2D eigenvalue weighted by Gasteiger charge is 2.27. The van der Waals surface area contributed by atoms with Gasteiger partial charge < -0.3 is 15.4 Å². The molecule has 0 aliphatic carbocycles. The molecule has 5 heteroatoms. The third-order valence-corrected chi connectivity index (χ3v) is 4.07. The van der Waals surface area contributed by atoms with E-state index in [1.54, 1.807) is 23.1 Å². The Morgan fingerprint density at radius 1 is 1.30 bits per heavy atom. The molecule has 0 bridgehead atoms. The molecule has 3 rings (SSSR count). The number of carbonyl (C=O) groups is 1. The third kappa shape index (κ3) is 3.35. The fraction of sp³-hybridized carbons (Fsp3) is 0.278. The van der Waals surface area contributed by atoms with E-state index in [1.165, 1.54) is 12.1 Å². The predicted octanol–water partition coefficient (Wildman–Crippen LogP) is 2.93. The van der Waals surface area contributed by atoms with Gasteiger partial charge in [-0.1, -0.05) is 18.2 Å². The number of nitrogen functional groups attached to an aromatic ring is 1. The second-order valence-electron chi connectivity index (χ2n) is 5.74. The van der Waals surface area contributed by atoms with Crippen LogP contribution in [0.5, 0.6) is 0 Å². The van der Waals surface area contributed by atoms with Crippen LogP contribution in [0.1, 0.15) is 27.6 Å². The maximum absolute atomic E-state index is 13.4. The molecule has 1 atom stereocenters. The minimum Gasteiger partial charge on any atom is -0.399 e. The molecule has 1 heterocycles. The van der Waals surface area contributed by atoms with Gasteiger partial charge in [-0.2, -0.15) is 0 Å². The highest BCUT2D eigenvalue weighted by molar-refractivity contribution is 5.96. The van der Waals surface area contributed by atoms with Crippen molar-refractivity contribution < 1.29 is 13.9 Å². The van der Waals surface area contributed by atoms with Gasteiger partial charge in [0.05, 0.1) is 13.2 Å². The second kappa shape index (κ2) is 6.38. The summed E-state index contributed by atoms with van der Waals surface area (Å²) in [7, 11) is 0. The monoisotopic (exact) mass is 314 g/mol. The first-order chi connectivity index (χ1) is 11.0. The van der Waals surface area contributed by atoms with Gasteiger partial charge in [-0.15, -0.1) is 0 Å². The van der Waals surface area contributed by atoms with Crippen molar-refractivity contribution in [2.75, 3.05) is 25.4 Å². The van der Waals surface area contributed by atoms with Crippen molar-refractivity contribution >= 4 is 11.6 Å². The molecule has 2 aromatic carbocycles. The van der Waals surface area contributed by atoms with Gasteiger partial charge in [-0.05, 0) is 42.3 Å². The normalized spacial score (nSPS) is 18.0. The van der Waals surface area contributed by atoms with E-state index in [4.69, 9.17) is 10.5 Å². The molecule has 4 nitrogen and oxygen atoms in total. The molecule has 1 unspecified atom stereocenters. The Morgan fingerprint density at radius 3 is 2.91 bits per heavy atom. The van der Waals surface area contributed by atoms with Crippen LogP contribution in [-0.2, 0) is 4.74 Å². The van der Waals surface area contributed by atoms with E-state index in [9.17, 15) is 9.18 Å². The number of hydrogen-bond acceptors (Lipinski definition) is 3. The molecular weight excluding hydrogens is 295 g/mol. The second-order valence-corrected chi connectivity index (χ2v) is 5.74. The Balaban J connectivity index is 1.80. The number of amides is 1. The summed E-state index contributed by atoms with van der Waals surface area (Å²) in [5.41, 5.74) is 8.59. The molecule has 1 aliphatic heterocycles. The van der Waals surface area contributed by atoms with E-state index in [1.807, 2.05) is 19.1 Å². The molecule has 0 aromatic heterocycles. The van der Waals surface area contributed by atoms with Gasteiger partial charge in [0.25, 0.3) is 5.91 Å². The summed E-state index contributed by atoms with van der Waals surface area (Å²) >= 11 is 0. The lowest BCUT2D eigenvalue weighted by atomic mass is 10.0. The van der Waals surface area contributed by atoms with Crippen molar-refractivity contribution in [2.24, 2.45) is 0 Å². The first kappa shape index (κ1) is 15.5. The molecular formula is C18H19FN2O2. The first-order valence-corrected chi connectivity index (χ1v) is 7.57. The molecule has 0 saturated carbocycles. The van der Waals surface area contributed by atoms with Crippen molar-refractivity contribution in [3.05, 3.63) is 65.0 Å². The maximum Gasteiger partial charge on any atom is 0.254 e. The van der Waals surface area contributed by atoms with E-state index in [0.29, 0.717) is 30.9 Å². The summed E-state index contributed by atoms with van der Waals surface area (Å²) < 4.78 is 19.1. The summed E-state index contributed by atoms with van der Waals surface area (Å²) in [6.45, 7) is 3.22. The Bertz CT molecular complexity index is 733. The number of rotatable bonds is 2. The Labute approximate surface area is 134 Å². The first-order valence-electron chi connectivity index (χ1n) is 7.57. The number of aryl methyl sites for hydroxylation is 1. The van der Waals surface area contributed by atoms with Crippen molar-refractivity contribution in [3.63, 3.8) is 0 Å². The highest BCUT2D eigenvalue weighted by atomic mass is 19.1. The molecule has 0 radical (unpaired) electrons. The Kier molecular flexibility index (Phi) is 4.30. The molecule has 2 aromatic rings. The minimum absolute atomic E-state index is 0.0699. The van der Waals surface area contributed by atoms with Crippen LogP contribution in [0.25, 0.3) is 0 Å². The zero-order valence-corrected chi connectivity index (χ0v) is 13.0. The number of ether oxygens (including phenoxy) is 1. The summed E-state index contributed by atoms with van der Waals surface area (Å²) in [5.74, 6) is -0.374. The molecule has 1 amide bonds. The van der Waals surface area contributed by atoms with E-state index < -0.39 is 0 Å². The van der Waals surface area contributed by atoms with Gasteiger partial charge >= 0.3 is 0 Å². The van der Waals surface area contributed by atoms with Gasteiger partial charge in [0, 0.05) is 17.8 Å². The van der Waals surface area contributed by atoms with Crippen LogP contribution in [0.4, 0.5) is 10.1 Å². The summed E-state index contributed by atoms with van der Waals surface area (Å²) in [5, 5.41) is 0. The lowest BCUT2D eigenvalue weighted by Gasteiger charge is -2.33. The number of morpholine rings is 1. The number of nitrogens with zero attached hydrogens (tertiary/aromatic N) is 1. The van der Waals surface area contributed by atoms with Gasteiger partial charge in [0.2, 0.25) is 0 Å². The Morgan fingerprint density at radius 2 is 2.13 bits per heavy atom. The topological polar surface area (TPSA) is 55.6 Å². The number of nitrogens with two attached hydrogens (primary N) is 1. The van der Waals surface area contributed by atoms with Crippen LogP contribution >= 0.6 is 0 Å². The standard InChI is InChI=1S/C18H19FN2O2/c1-12-5-6-15(20)10-16(12)18(22)21-7-8-23-17(11-21)13-3-2-4-14(19)9-13/h2-6,9-10,17H,7-8,11,20H2,1H3. The van der Waals surface area contributed by atoms with E-state index in [0.717, 1.165) is 11.1 Å². The van der Waals surface area contributed by atoms with Gasteiger partial charge in [0.1, 0.15) is 11.9 Å². The summed E-state index contributed by atoms with van der Waals surface area (Å²) in [4.78, 5) is 14.5. The zero-order chi connectivity index (χ0) is 16.4. The molecule has 1 fully saturated rings. The number of halogens is 1. The predicted molar refractivity (Wildman–Crippen MR) is 86.6 cm³/mol. The van der Waals surface area contributed by atoms with Crippen LogP contribution in [0, 0.1) is 12.7 Å². The van der Waals surface area contributed by atoms with Crippen LogP contribution in [0.2, 0.25) is 0 Å². The smallest absolute Gasteiger partial charge is 0.254 e. The van der Waals surface area contributed by atoms with E-state index >= 15 is 0 Å². The zero-order valence-electron chi connectivity index (χ0n) is 13.0. The van der Waals surface area contributed by atoms with E-state index in [-0.39, 0.29) is 17.8 Å². The lowest BCUT2D eigenvalue weighted by Crippen LogP contribution is -2.42. The highest BCUT2D eigenvalue weighted by Crippen LogP contribution is 2.25. The van der Waals surface area contributed by atoms with Crippen LogP contribution in [0.15, 0.2) is 42.5 Å². The van der Waals surface area contributed by atoms with Gasteiger partial charge in [-0.3, -0.25) is 4.79 Å². The van der Waals surface area contributed by atoms with Crippen LogP contribution in [0.3, 0.4) is 0 Å². The van der Waals surface area contributed by atoms with Crippen molar-refractivity contribution in [1.29, 1.82) is 0 Å². The van der Waals surface area contributed by atoms with Crippen LogP contribution in [-0.4, -0.2) is 30.5 Å².